The number of carboxylic acids is 1. The lowest BCUT2D eigenvalue weighted by molar-refractivity contribution is -0.140. The largest absolute Gasteiger partial charge is 0.481 e. The minimum absolute atomic E-state index is 0.193. The van der Waals surface area contributed by atoms with Gasteiger partial charge in [-0.05, 0) is 26.0 Å². The first-order valence-electron chi connectivity index (χ1n) is 6.76. The molecular formula is C15H22N2O2. The van der Waals surface area contributed by atoms with E-state index in [2.05, 4.69) is 34.1 Å². The maximum absolute atomic E-state index is 10.9. The second-order valence-corrected chi connectivity index (χ2v) is 5.69. The average molecular weight is 262 g/mol. The summed E-state index contributed by atoms with van der Waals surface area (Å²) in [5.74, 6) is -0.726. The molecule has 1 fully saturated rings. The van der Waals surface area contributed by atoms with Crippen LogP contribution in [0.25, 0.3) is 0 Å². The van der Waals surface area contributed by atoms with Gasteiger partial charge in [0.15, 0.2) is 0 Å². The molecule has 0 unspecified atom stereocenters. The molecule has 0 bridgehead atoms. The summed E-state index contributed by atoms with van der Waals surface area (Å²) in [7, 11) is 0. The van der Waals surface area contributed by atoms with Crippen LogP contribution in [-0.4, -0.2) is 47.7 Å². The Kier molecular flexibility index (Phi) is 4.10. The van der Waals surface area contributed by atoms with Crippen LogP contribution >= 0.6 is 0 Å². The molecule has 0 aromatic heterocycles. The lowest BCUT2D eigenvalue weighted by atomic mass is 9.97. The molecule has 0 aliphatic carbocycles. The Bertz CT molecular complexity index is 423. The number of nitrogens with zero attached hydrogens (tertiary/aromatic N) is 2. The number of rotatable bonds is 4. The molecule has 0 spiro atoms. The highest BCUT2D eigenvalue weighted by Gasteiger charge is 2.31. The minimum atomic E-state index is -0.726. The maximum Gasteiger partial charge on any atom is 0.305 e. The quantitative estimate of drug-likeness (QED) is 0.902. The van der Waals surface area contributed by atoms with E-state index in [1.165, 1.54) is 5.69 Å². The number of piperazine rings is 1. The number of hydrogen-bond acceptors (Lipinski definition) is 3. The smallest absolute Gasteiger partial charge is 0.305 e. The van der Waals surface area contributed by atoms with E-state index in [9.17, 15) is 4.79 Å². The van der Waals surface area contributed by atoms with E-state index in [0.29, 0.717) is 0 Å². The molecule has 1 aliphatic heterocycles. The molecule has 2 rings (SSSR count). The van der Waals surface area contributed by atoms with Gasteiger partial charge in [-0.1, -0.05) is 18.2 Å². The van der Waals surface area contributed by atoms with Crippen LogP contribution in [0.3, 0.4) is 0 Å². The molecule has 1 N–H and O–H groups in total. The van der Waals surface area contributed by atoms with Crippen molar-refractivity contribution in [2.24, 2.45) is 0 Å². The Balaban J connectivity index is 1.94. The predicted octanol–water partition coefficient (Wildman–Crippen LogP) is 2.06. The topological polar surface area (TPSA) is 43.8 Å². The summed E-state index contributed by atoms with van der Waals surface area (Å²) in [6.07, 6.45) is 0.193. The van der Waals surface area contributed by atoms with Crippen molar-refractivity contribution in [2.75, 3.05) is 31.1 Å². The molecule has 4 nitrogen and oxygen atoms in total. The zero-order valence-electron chi connectivity index (χ0n) is 11.7. The molecule has 0 saturated carbocycles. The van der Waals surface area contributed by atoms with Gasteiger partial charge in [0.2, 0.25) is 0 Å². The number of para-hydroxylation sites is 1. The molecular weight excluding hydrogens is 240 g/mol. The van der Waals surface area contributed by atoms with Gasteiger partial charge in [0.1, 0.15) is 0 Å². The van der Waals surface area contributed by atoms with Crippen molar-refractivity contribution in [1.29, 1.82) is 0 Å². The summed E-state index contributed by atoms with van der Waals surface area (Å²) >= 11 is 0. The summed E-state index contributed by atoms with van der Waals surface area (Å²) < 4.78 is 0. The highest BCUT2D eigenvalue weighted by molar-refractivity contribution is 5.68. The Morgan fingerprint density at radius 1 is 1.16 bits per heavy atom. The lowest BCUT2D eigenvalue weighted by Gasteiger charge is -2.44. The first-order chi connectivity index (χ1) is 8.99. The van der Waals surface area contributed by atoms with Crippen LogP contribution in [-0.2, 0) is 4.79 Å². The van der Waals surface area contributed by atoms with Gasteiger partial charge in [-0.25, -0.2) is 0 Å². The average Bonchev–Trinajstić information content (AvgIpc) is 2.38. The van der Waals surface area contributed by atoms with Gasteiger partial charge in [0.05, 0.1) is 6.42 Å². The third kappa shape index (κ3) is 3.47. The Morgan fingerprint density at radius 2 is 1.74 bits per heavy atom. The highest BCUT2D eigenvalue weighted by Crippen LogP contribution is 2.23. The molecule has 0 amide bonds. The van der Waals surface area contributed by atoms with Crippen molar-refractivity contribution in [2.45, 2.75) is 25.8 Å². The van der Waals surface area contributed by atoms with Gasteiger partial charge in [0.25, 0.3) is 0 Å². The van der Waals surface area contributed by atoms with E-state index in [0.717, 1.165) is 26.2 Å². The van der Waals surface area contributed by atoms with E-state index in [-0.39, 0.29) is 12.0 Å². The summed E-state index contributed by atoms with van der Waals surface area (Å²) in [6, 6.07) is 10.4. The SMILES string of the molecule is CC(C)(CC(=O)O)N1CCN(c2ccccc2)CC1. The molecule has 1 heterocycles. The Morgan fingerprint density at radius 3 is 2.26 bits per heavy atom. The lowest BCUT2D eigenvalue weighted by Crippen LogP contribution is -2.55. The zero-order chi connectivity index (χ0) is 13.9. The van der Waals surface area contributed by atoms with E-state index >= 15 is 0 Å². The van der Waals surface area contributed by atoms with E-state index in [1.807, 2.05) is 19.9 Å². The third-order valence-corrected chi connectivity index (χ3v) is 3.84. The van der Waals surface area contributed by atoms with Crippen molar-refractivity contribution < 1.29 is 9.90 Å². The van der Waals surface area contributed by atoms with Crippen LogP contribution in [0.2, 0.25) is 0 Å². The third-order valence-electron chi connectivity index (χ3n) is 3.84. The molecule has 19 heavy (non-hydrogen) atoms. The van der Waals surface area contributed by atoms with Crippen molar-refractivity contribution >= 4 is 11.7 Å². The van der Waals surface area contributed by atoms with Crippen LogP contribution in [0.1, 0.15) is 20.3 Å². The fourth-order valence-corrected chi connectivity index (χ4v) is 2.69. The monoisotopic (exact) mass is 262 g/mol. The van der Waals surface area contributed by atoms with Gasteiger partial charge in [-0.2, -0.15) is 0 Å². The van der Waals surface area contributed by atoms with Crippen LogP contribution in [0.4, 0.5) is 5.69 Å². The van der Waals surface area contributed by atoms with Crippen LogP contribution < -0.4 is 4.90 Å². The minimum Gasteiger partial charge on any atom is -0.481 e. The van der Waals surface area contributed by atoms with Crippen molar-refractivity contribution in [3.8, 4) is 0 Å². The predicted molar refractivity (Wildman–Crippen MR) is 76.6 cm³/mol. The van der Waals surface area contributed by atoms with Gasteiger partial charge in [0, 0.05) is 37.4 Å². The number of aliphatic carboxylic acids is 1. The van der Waals surface area contributed by atoms with Crippen molar-refractivity contribution in [3.63, 3.8) is 0 Å². The van der Waals surface area contributed by atoms with Crippen molar-refractivity contribution in [1.82, 2.24) is 4.90 Å². The van der Waals surface area contributed by atoms with Crippen LogP contribution in [0, 0.1) is 0 Å². The fourth-order valence-electron chi connectivity index (χ4n) is 2.69. The second kappa shape index (κ2) is 5.61. The summed E-state index contributed by atoms with van der Waals surface area (Å²) in [4.78, 5) is 15.5. The molecule has 4 heteroatoms. The van der Waals surface area contributed by atoms with E-state index in [4.69, 9.17) is 5.11 Å². The van der Waals surface area contributed by atoms with Gasteiger partial charge < -0.3 is 10.0 Å². The molecule has 0 radical (unpaired) electrons. The molecule has 104 valence electrons. The van der Waals surface area contributed by atoms with Crippen LogP contribution in [0.5, 0.6) is 0 Å². The number of carboxylic acid groups (broad SMARTS) is 1. The Hall–Kier alpha value is -1.55. The van der Waals surface area contributed by atoms with E-state index < -0.39 is 5.97 Å². The number of benzene rings is 1. The maximum atomic E-state index is 10.9. The zero-order valence-corrected chi connectivity index (χ0v) is 11.7. The summed E-state index contributed by atoms with van der Waals surface area (Å²) in [5.41, 5.74) is 0.979. The summed E-state index contributed by atoms with van der Waals surface area (Å²) in [5, 5.41) is 8.97. The molecule has 1 aliphatic rings. The van der Waals surface area contributed by atoms with Gasteiger partial charge >= 0.3 is 5.97 Å². The highest BCUT2D eigenvalue weighted by atomic mass is 16.4. The standard InChI is InChI=1S/C15H22N2O2/c1-15(2,12-14(18)19)17-10-8-16(9-11-17)13-6-4-3-5-7-13/h3-7H,8-12H2,1-2H3,(H,18,19). The molecule has 1 saturated heterocycles. The second-order valence-electron chi connectivity index (χ2n) is 5.69. The first-order valence-corrected chi connectivity index (χ1v) is 6.76. The van der Waals surface area contributed by atoms with Crippen molar-refractivity contribution in [3.05, 3.63) is 30.3 Å². The van der Waals surface area contributed by atoms with E-state index in [1.54, 1.807) is 0 Å². The Labute approximate surface area is 114 Å². The van der Waals surface area contributed by atoms with Gasteiger partial charge in [-0.3, -0.25) is 9.69 Å². The fraction of sp³-hybridized carbons (Fsp3) is 0.533. The number of carbonyl (C=O) groups is 1. The normalized spacial score (nSPS) is 17.5. The molecule has 1 aromatic carbocycles. The van der Waals surface area contributed by atoms with Gasteiger partial charge in [-0.15, -0.1) is 0 Å². The summed E-state index contributed by atoms with van der Waals surface area (Å²) in [6.45, 7) is 7.75. The first kappa shape index (κ1) is 13.9. The molecule has 1 aromatic rings. The number of anilines is 1. The van der Waals surface area contributed by atoms with Crippen LogP contribution in [0.15, 0.2) is 30.3 Å². The number of hydrogen-bond donors (Lipinski definition) is 1. The molecule has 0 atom stereocenters.